The van der Waals surface area contributed by atoms with Crippen LogP contribution in [0.5, 0.6) is 5.75 Å². The monoisotopic (exact) mass is 417 g/mol. The number of benzene rings is 2. The van der Waals surface area contributed by atoms with Gasteiger partial charge in [-0.05, 0) is 35.6 Å². The van der Waals surface area contributed by atoms with Crippen LogP contribution in [0.2, 0.25) is 0 Å². The van der Waals surface area contributed by atoms with Crippen molar-refractivity contribution in [1.82, 2.24) is 13.7 Å². The lowest BCUT2D eigenvalue weighted by atomic mass is 9.86. The van der Waals surface area contributed by atoms with E-state index < -0.39 is 5.69 Å². The lowest BCUT2D eigenvalue weighted by Crippen LogP contribution is -2.36. The maximum Gasteiger partial charge on any atom is 0.330 e. The van der Waals surface area contributed by atoms with Crippen molar-refractivity contribution in [3.05, 3.63) is 80.6 Å². The SMILES string of the molecule is Cc1ccc(-c2c3c(=O)n(C)c(=O)n(C)c3cn2-c2cc(C(C)(C)C)ccc2O)cc1. The third kappa shape index (κ3) is 3.28. The maximum atomic E-state index is 13.2. The molecule has 0 fully saturated rings. The molecule has 1 N–H and O–H groups in total. The van der Waals surface area contributed by atoms with Gasteiger partial charge in [0.25, 0.3) is 5.56 Å². The average Bonchev–Trinajstić information content (AvgIpc) is 3.11. The number of aromatic hydroxyl groups is 1. The van der Waals surface area contributed by atoms with Crippen molar-refractivity contribution < 1.29 is 5.11 Å². The van der Waals surface area contributed by atoms with Gasteiger partial charge in [-0.2, -0.15) is 0 Å². The van der Waals surface area contributed by atoms with Gasteiger partial charge in [0, 0.05) is 20.3 Å². The Balaban J connectivity index is 2.19. The van der Waals surface area contributed by atoms with Gasteiger partial charge in [-0.1, -0.05) is 56.7 Å². The highest BCUT2D eigenvalue weighted by Crippen LogP contribution is 2.36. The molecule has 0 bridgehead atoms. The Kier molecular flexibility index (Phi) is 4.69. The van der Waals surface area contributed by atoms with Gasteiger partial charge in [-0.15, -0.1) is 0 Å². The summed E-state index contributed by atoms with van der Waals surface area (Å²) in [7, 11) is 3.14. The minimum absolute atomic E-state index is 0.100. The Morgan fingerprint density at radius 2 is 1.55 bits per heavy atom. The van der Waals surface area contributed by atoms with E-state index in [1.807, 2.05) is 47.9 Å². The van der Waals surface area contributed by atoms with Gasteiger partial charge in [0.05, 0.1) is 22.3 Å². The lowest BCUT2D eigenvalue weighted by molar-refractivity contribution is 0.471. The number of aryl methyl sites for hydroxylation is 2. The normalized spacial score (nSPS) is 11.9. The first-order chi connectivity index (χ1) is 14.5. The molecule has 0 aliphatic carbocycles. The molecule has 0 aliphatic rings. The number of hydrogen-bond donors (Lipinski definition) is 1. The van der Waals surface area contributed by atoms with Crippen LogP contribution in [0.15, 0.2) is 58.3 Å². The first-order valence-corrected chi connectivity index (χ1v) is 10.2. The molecule has 4 rings (SSSR count). The van der Waals surface area contributed by atoms with Crippen LogP contribution >= 0.6 is 0 Å². The fraction of sp³-hybridized carbons (Fsp3) is 0.280. The van der Waals surface area contributed by atoms with Crippen LogP contribution in [-0.4, -0.2) is 18.8 Å². The van der Waals surface area contributed by atoms with E-state index >= 15 is 0 Å². The number of phenolic OH excluding ortho intramolecular Hbond substituents is 1. The summed E-state index contributed by atoms with van der Waals surface area (Å²) in [6.45, 7) is 8.32. The van der Waals surface area contributed by atoms with Crippen LogP contribution in [0.3, 0.4) is 0 Å². The van der Waals surface area contributed by atoms with E-state index in [1.54, 1.807) is 19.3 Å². The molecule has 6 nitrogen and oxygen atoms in total. The van der Waals surface area contributed by atoms with Crippen molar-refractivity contribution in [3.63, 3.8) is 0 Å². The second kappa shape index (κ2) is 7.01. The van der Waals surface area contributed by atoms with Crippen molar-refractivity contribution in [2.75, 3.05) is 0 Å². The summed E-state index contributed by atoms with van der Waals surface area (Å²) in [5.41, 5.74) is 3.83. The Morgan fingerprint density at radius 3 is 2.16 bits per heavy atom. The molecule has 4 aromatic rings. The van der Waals surface area contributed by atoms with Gasteiger partial charge < -0.3 is 9.67 Å². The van der Waals surface area contributed by atoms with Gasteiger partial charge >= 0.3 is 5.69 Å². The zero-order chi connectivity index (χ0) is 22.7. The van der Waals surface area contributed by atoms with Crippen LogP contribution in [-0.2, 0) is 19.5 Å². The minimum Gasteiger partial charge on any atom is -0.506 e. The van der Waals surface area contributed by atoms with E-state index in [9.17, 15) is 14.7 Å². The molecule has 31 heavy (non-hydrogen) atoms. The van der Waals surface area contributed by atoms with E-state index in [4.69, 9.17) is 0 Å². The maximum absolute atomic E-state index is 13.2. The van der Waals surface area contributed by atoms with Crippen LogP contribution < -0.4 is 11.2 Å². The predicted octanol–water partition coefficient (Wildman–Crippen LogP) is 4.01. The molecule has 0 saturated heterocycles. The number of hydrogen-bond acceptors (Lipinski definition) is 3. The van der Waals surface area contributed by atoms with E-state index in [2.05, 4.69) is 20.8 Å². The molecular weight excluding hydrogens is 390 g/mol. The molecule has 0 radical (unpaired) electrons. The Morgan fingerprint density at radius 1 is 0.903 bits per heavy atom. The molecule has 0 unspecified atom stereocenters. The quantitative estimate of drug-likeness (QED) is 0.536. The molecule has 0 saturated carbocycles. The highest BCUT2D eigenvalue weighted by atomic mass is 16.3. The van der Waals surface area contributed by atoms with Crippen molar-refractivity contribution in [2.45, 2.75) is 33.1 Å². The summed E-state index contributed by atoms with van der Waals surface area (Å²) >= 11 is 0. The van der Waals surface area contributed by atoms with Gasteiger partial charge in [0.2, 0.25) is 0 Å². The number of nitrogens with zero attached hydrogens (tertiary/aromatic N) is 3. The summed E-state index contributed by atoms with van der Waals surface area (Å²) in [6.07, 6.45) is 1.76. The van der Waals surface area contributed by atoms with E-state index in [1.165, 1.54) is 11.6 Å². The van der Waals surface area contributed by atoms with Crippen molar-refractivity contribution in [2.24, 2.45) is 14.1 Å². The number of fused-ring (bicyclic) bond motifs is 1. The molecule has 2 aromatic carbocycles. The van der Waals surface area contributed by atoms with E-state index in [0.29, 0.717) is 22.3 Å². The van der Waals surface area contributed by atoms with E-state index in [-0.39, 0.29) is 16.7 Å². The first-order valence-electron chi connectivity index (χ1n) is 10.2. The van der Waals surface area contributed by atoms with Crippen molar-refractivity contribution >= 4 is 10.9 Å². The molecule has 2 aromatic heterocycles. The predicted molar refractivity (Wildman–Crippen MR) is 124 cm³/mol. The lowest BCUT2D eigenvalue weighted by Gasteiger charge is -2.21. The second-order valence-corrected chi connectivity index (χ2v) is 9.13. The molecule has 6 heteroatoms. The Labute approximate surface area is 180 Å². The van der Waals surface area contributed by atoms with Crippen molar-refractivity contribution in [3.8, 4) is 22.7 Å². The fourth-order valence-corrected chi connectivity index (χ4v) is 3.91. The molecule has 0 spiro atoms. The Bertz CT molecular complexity index is 1430. The first kappa shape index (κ1) is 20.7. The smallest absolute Gasteiger partial charge is 0.330 e. The summed E-state index contributed by atoms with van der Waals surface area (Å²) in [5.74, 6) is 0.100. The summed E-state index contributed by atoms with van der Waals surface area (Å²) in [6, 6.07) is 13.4. The number of aromatic nitrogens is 3. The van der Waals surface area contributed by atoms with Gasteiger partial charge in [-0.3, -0.25) is 13.9 Å². The summed E-state index contributed by atoms with van der Waals surface area (Å²) in [5, 5.41) is 11.2. The van der Waals surface area contributed by atoms with Gasteiger partial charge in [0.1, 0.15) is 5.75 Å². The molecule has 160 valence electrons. The highest BCUT2D eigenvalue weighted by molar-refractivity contribution is 5.95. The third-order valence-electron chi connectivity index (χ3n) is 5.86. The molecular formula is C25H27N3O3. The van der Waals surface area contributed by atoms with Crippen LogP contribution in [0, 0.1) is 6.92 Å². The van der Waals surface area contributed by atoms with Crippen molar-refractivity contribution in [1.29, 1.82) is 0 Å². The number of rotatable bonds is 2. The van der Waals surface area contributed by atoms with Crippen LogP contribution in [0.25, 0.3) is 27.8 Å². The summed E-state index contributed by atoms with van der Waals surface area (Å²) < 4.78 is 4.41. The molecule has 2 heterocycles. The zero-order valence-electron chi connectivity index (χ0n) is 18.7. The highest BCUT2D eigenvalue weighted by Gasteiger charge is 2.23. The topological polar surface area (TPSA) is 69.2 Å². The Hall–Kier alpha value is -3.54. The minimum atomic E-state index is -0.391. The largest absolute Gasteiger partial charge is 0.506 e. The molecule has 0 atom stereocenters. The van der Waals surface area contributed by atoms with E-state index in [0.717, 1.165) is 21.3 Å². The van der Waals surface area contributed by atoms with Crippen LogP contribution in [0.1, 0.15) is 31.9 Å². The van der Waals surface area contributed by atoms with Gasteiger partial charge in [-0.25, -0.2) is 4.79 Å². The average molecular weight is 418 g/mol. The zero-order valence-corrected chi connectivity index (χ0v) is 18.7. The standard InChI is InChI=1S/C25H27N3O3/c1-15-7-9-16(10-8-15)22-21-19(26(5)24(31)27(6)23(21)30)14-28(22)18-13-17(25(2,3)4)11-12-20(18)29/h7-14,29H,1-6H3. The van der Waals surface area contributed by atoms with Gasteiger partial charge in [0.15, 0.2) is 0 Å². The molecule has 0 amide bonds. The fourth-order valence-electron chi connectivity index (χ4n) is 3.91. The summed E-state index contributed by atoms with van der Waals surface area (Å²) in [4.78, 5) is 25.8. The number of phenols is 1. The third-order valence-corrected chi connectivity index (χ3v) is 5.86. The second-order valence-electron chi connectivity index (χ2n) is 9.13. The van der Waals surface area contributed by atoms with Crippen LogP contribution in [0.4, 0.5) is 0 Å². The molecule has 0 aliphatic heterocycles.